The van der Waals surface area contributed by atoms with E-state index in [1.54, 1.807) is 11.0 Å². The number of phenols is 1. The molecule has 2 N–H and O–H groups in total. The lowest BCUT2D eigenvalue weighted by Gasteiger charge is -2.35. The molecule has 5 nitrogen and oxygen atoms in total. The van der Waals surface area contributed by atoms with Crippen molar-refractivity contribution in [1.29, 1.82) is 0 Å². The highest BCUT2D eigenvalue weighted by atomic mass is 16.4. The van der Waals surface area contributed by atoms with E-state index in [1.165, 1.54) is 12.1 Å². The van der Waals surface area contributed by atoms with E-state index in [2.05, 4.69) is 0 Å². The number of carbonyl (C=O) groups excluding carboxylic acids is 1. The number of aromatic hydroxyl groups is 1. The second-order valence-electron chi connectivity index (χ2n) is 5.25. The Morgan fingerprint density at radius 3 is 2.80 bits per heavy atom. The number of phenolic OH excluding ortho intramolecular Hbond substituents is 1. The highest BCUT2D eigenvalue weighted by Gasteiger charge is 2.29. The third-order valence-electron chi connectivity index (χ3n) is 3.75. The Morgan fingerprint density at radius 1 is 1.35 bits per heavy atom. The second kappa shape index (κ2) is 5.94. The SMILES string of the molecule is Cc1ccc(O)cc1C(=O)N1CCCC[C@H]1CC(=O)O. The van der Waals surface area contributed by atoms with Crippen molar-refractivity contribution in [1.82, 2.24) is 4.90 Å². The molecule has 1 aliphatic rings. The molecule has 108 valence electrons. The van der Waals surface area contributed by atoms with E-state index < -0.39 is 5.97 Å². The molecule has 1 aromatic rings. The number of nitrogens with zero attached hydrogens (tertiary/aromatic N) is 1. The van der Waals surface area contributed by atoms with Crippen LogP contribution in [0.4, 0.5) is 0 Å². The highest BCUT2D eigenvalue weighted by molar-refractivity contribution is 5.96. The molecule has 1 saturated heterocycles. The number of amides is 1. The third kappa shape index (κ3) is 3.10. The van der Waals surface area contributed by atoms with Gasteiger partial charge < -0.3 is 15.1 Å². The minimum Gasteiger partial charge on any atom is -0.508 e. The molecule has 0 spiro atoms. The second-order valence-corrected chi connectivity index (χ2v) is 5.25. The van der Waals surface area contributed by atoms with Crippen LogP contribution in [0, 0.1) is 6.92 Å². The Balaban J connectivity index is 2.25. The number of hydrogen-bond acceptors (Lipinski definition) is 3. The summed E-state index contributed by atoms with van der Waals surface area (Å²) in [6.07, 6.45) is 2.53. The number of carboxylic acid groups (broad SMARTS) is 1. The van der Waals surface area contributed by atoms with Crippen molar-refractivity contribution >= 4 is 11.9 Å². The van der Waals surface area contributed by atoms with Gasteiger partial charge in [0.2, 0.25) is 0 Å². The monoisotopic (exact) mass is 277 g/mol. The molecule has 5 heteroatoms. The summed E-state index contributed by atoms with van der Waals surface area (Å²) in [6, 6.07) is 4.43. The van der Waals surface area contributed by atoms with Gasteiger partial charge in [-0.15, -0.1) is 0 Å². The topological polar surface area (TPSA) is 77.8 Å². The molecule has 0 bridgehead atoms. The van der Waals surface area contributed by atoms with Crippen LogP contribution >= 0.6 is 0 Å². The smallest absolute Gasteiger partial charge is 0.305 e. The molecule has 1 aromatic carbocycles. The molecule has 20 heavy (non-hydrogen) atoms. The summed E-state index contributed by atoms with van der Waals surface area (Å²) < 4.78 is 0. The third-order valence-corrected chi connectivity index (χ3v) is 3.75. The zero-order chi connectivity index (χ0) is 14.7. The van der Waals surface area contributed by atoms with Crippen LogP contribution in [0.3, 0.4) is 0 Å². The van der Waals surface area contributed by atoms with Gasteiger partial charge in [-0.25, -0.2) is 0 Å². The van der Waals surface area contributed by atoms with Gasteiger partial charge in [-0.05, 0) is 43.9 Å². The molecule has 0 aromatic heterocycles. The molecule has 1 fully saturated rings. The fourth-order valence-corrected chi connectivity index (χ4v) is 2.68. The Labute approximate surface area is 117 Å². The molecule has 0 unspecified atom stereocenters. The van der Waals surface area contributed by atoms with Gasteiger partial charge in [0, 0.05) is 18.2 Å². The zero-order valence-electron chi connectivity index (χ0n) is 11.5. The Morgan fingerprint density at radius 2 is 2.10 bits per heavy atom. The molecule has 1 atom stereocenters. The average Bonchev–Trinajstić information content (AvgIpc) is 2.41. The van der Waals surface area contributed by atoms with Crippen LogP contribution in [0.1, 0.15) is 41.6 Å². The molecule has 1 aliphatic heterocycles. The standard InChI is InChI=1S/C15H19NO4/c1-10-5-6-12(17)9-13(10)15(20)16-7-3-2-4-11(16)8-14(18)19/h5-6,9,11,17H,2-4,7-8H2,1H3,(H,18,19)/t11-/m0/s1. The van der Waals surface area contributed by atoms with Crippen molar-refractivity contribution < 1.29 is 19.8 Å². The van der Waals surface area contributed by atoms with Crippen LogP contribution in [-0.2, 0) is 4.79 Å². The number of aryl methyl sites for hydroxylation is 1. The predicted molar refractivity (Wildman–Crippen MR) is 73.8 cm³/mol. The fraction of sp³-hybridized carbons (Fsp3) is 0.467. The summed E-state index contributed by atoms with van der Waals surface area (Å²) in [4.78, 5) is 25.1. The van der Waals surface area contributed by atoms with E-state index in [0.717, 1.165) is 24.8 Å². The van der Waals surface area contributed by atoms with Crippen molar-refractivity contribution in [3.63, 3.8) is 0 Å². The quantitative estimate of drug-likeness (QED) is 0.887. The van der Waals surface area contributed by atoms with E-state index in [4.69, 9.17) is 5.11 Å². The first-order valence-corrected chi connectivity index (χ1v) is 6.81. The van der Waals surface area contributed by atoms with Crippen LogP contribution in [-0.4, -0.2) is 39.6 Å². The summed E-state index contributed by atoms with van der Waals surface area (Å²) >= 11 is 0. The lowest BCUT2D eigenvalue weighted by molar-refractivity contribution is -0.138. The van der Waals surface area contributed by atoms with Crippen molar-refractivity contribution in [3.05, 3.63) is 29.3 Å². The summed E-state index contributed by atoms with van der Waals surface area (Å²) in [7, 11) is 0. The number of likely N-dealkylation sites (tertiary alicyclic amines) is 1. The van der Waals surface area contributed by atoms with Gasteiger partial charge in [0.15, 0.2) is 0 Å². The maximum Gasteiger partial charge on any atom is 0.305 e. The van der Waals surface area contributed by atoms with Gasteiger partial charge in [0.1, 0.15) is 5.75 Å². The lowest BCUT2D eigenvalue weighted by Crippen LogP contribution is -2.45. The largest absolute Gasteiger partial charge is 0.508 e. The van der Waals surface area contributed by atoms with Crippen molar-refractivity contribution in [2.45, 2.75) is 38.6 Å². The Hall–Kier alpha value is -2.04. The number of hydrogen-bond donors (Lipinski definition) is 2. The first-order chi connectivity index (χ1) is 9.49. The van der Waals surface area contributed by atoms with Crippen LogP contribution in [0.2, 0.25) is 0 Å². The Kier molecular flexibility index (Phi) is 4.27. The molecule has 1 heterocycles. The molecule has 2 rings (SSSR count). The summed E-state index contributed by atoms with van der Waals surface area (Å²) in [5.74, 6) is -1.03. The van der Waals surface area contributed by atoms with E-state index in [9.17, 15) is 14.7 Å². The van der Waals surface area contributed by atoms with Crippen LogP contribution in [0.15, 0.2) is 18.2 Å². The normalized spacial score (nSPS) is 18.9. The first kappa shape index (κ1) is 14.4. The maximum absolute atomic E-state index is 12.6. The van der Waals surface area contributed by atoms with E-state index in [-0.39, 0.29) is 24.1 Å². The lowest BCUT2D eigenvalue weighted by atomic mass is 9.97. The van der Waals surface area contributed by atoms with E-state index in [0.29, 0.717) is 12.1 Å². The predicted octanol–water partition coefficient (Wildman–Crippen LogP) is 2.17. The van der Waals surface area contributed by atoms with Crippen LogP contribution in [0.25, 0.3) is 0 Å². The highest BCUT2D eigenvalue weighted by Crippen LogP contribution is 2.24. The number of piperidine rings is 1. The van der Waals surface area contributed by atoms with Crippen LogP contribution in [0.5, 0.6) is 5.75 Å². The van der Waals surface area contributed by atoms with Gasteiger partial charge in [-0.1, -0.05) is 6.07 Å². The van der Waals surface area contributed by atoms with Gasteiger partial charge in [0.25, 0.3) is 5.91 Å². The van der Waals surface area contributed by atoms with Crippen molar-refractivity contribution in [2.24, 2.45) is 0 Å². The molecular weight excluding hydrogens is 258 g/mol. The summed E-state index contributed by atoms with van der Waals surface area (Å²) in [5.41, 5.74) is 1.23. The maximum atomic E-state index is 12.6. The van der Waals surface area contributed by atoms with Crippen LogP contribution < -0.4 is 0 Å². The number of carboxylic acids is 1. The molecule has 0 aliphatic carbocycles. The van der Waals surface area contributed by atoms with Gasteiger partial charge in [-0.3, -0.25) is 9.59 Å². The number of rotatable bonds is 3. The summed E-state index contributed by atoms with van der Waals surface area (Å²) in [5, 5.41) is 18.5. The van der Waals surface area contributed by atoms with Gasteiger partial charge in [0.05, 0.1) is 6.42 Å². The van der Waals surface area contributed by atoms with Gasteiger partial charge >= 0.3 is 5.97 Å². The minimum atomic E-state index is -0.887. The summed E-state index contributed by atoms with van der Waals surface area (Å²) in [6.45, 7) is 2.38. The molecule has 1 amide bonds. The van der Waals surface area contributed by atoms with Crippen molar-refractivity contribution in [3.8, 4) is 5.75 Å². The molecule has 0 radical (unpaired) electrons. The van der Waals surface area contributed by atoms with Crippen molar-refractivity contribution in [2.75, 3.05) is 6.54 Å². The Bertz CT molecular complexity index is 527. The molecular formula is C15H19NO4. The van der Waals surface area contributed by atoms with E-state index in [1.807, 2.05) is 6.92 Å². The first-order valence-electron chi connectivity index (χ1n) is 6.81. The zero-order valence-corrected chi connectivity index (χ0v) is 11.5. The number of benzene rings is 1. The number of aliphatic carboxylic acids is 1. The van der Waals surface area contributed by atoms with Gasteiger partial charge in [-0.2, -0.15) is 0 Å². The van der Waals surface area contributed by atoms with E-state index >= 15 is 0 Å². The average molecular weight is 277 g/mol. The minimum absolute atomic E-state index is 0.0242. The number of carbonyl (C=O) groups is 2. The molecule has 0 saturated carbocycles. The fourth-order valence-electron chi connectivity index (χ4n) is 2.68.